The molecule has 0 fully saturated rings. The molecule has 0 bridgehead atoms. The van der Waals surface area contributed by atoms with Gasteiger partial charge in [-0.05, 0) is 18.4 Å². The Bertz CT molecular complexity index is 471. The van der Waals surface area contributed by atoms with E-state index in [1.54, 1.807) is 6.92 Å². The van der Waals surface area contributed by atoms with Crippen molar-refractivity contribution in [2.24, 2.45) is 0 Å². The standard InChI is InChI=1S/C11H13NO6/c1-3-6-5-12-9(18-11(15)16)8(7(6)4-2)17-10(13)14/h5H,3-4H2,1-2H3,(H,13,14)(H,15,16). The van der Waals surface area contributed by atoms with Crippen LogP contribution in [-0.2, 0) is 12.8 Å². The topological polar surface area (TPSA) is 106 Å². The number of pyridine rings is 1. The van der Waals surface area contributed by atoms with Gasteiger partial charge in [0, 0.05) is 11.8 Å². The number of hydrogen-bond acceptors (Lipinski definition) is 5. The zero-order chi connectivity index (χ0) is 13.7. The molecule has 0 spiro atoms. The van der Waals surface area contributed by atoms with E-state index in [0.717, 1.165) is 5.56 Å². The van der Waals surface area contributed by atoms with Crippen molar-refractivity contribution >= 4 is 12.3 Å². The largest absolute Gasteiger partial charge is 0.512 e. The second kappa shape index (κ2) is 5.85. The first-order valence-electron chi connectivity index (χ1n) is 5.31. The van der Waals surface area contributed by atoms with Crippen molar-refractivity contribution < 1.29 is 29.3 Å². The van der Waals surface area contributed by atoms with E-state index in [-0.39, 0.29) is 11.6 Å². The van der Waals surface area contributed by atoms with Gasteiger partial charge in [-0.25, -0.2) is 14.6 Å². The third kappa shape index (κ3) is 3.09. The quantitative estimate of drug-likeness (QED) is 0.795. The second-order valence-electron chi connectivity index (χ2n) is 3.34. The fourth-order valence-electron chi connectivity index (χ4n) is 1.59. The highest BCUT2D eigenvalue weighted by molar-refractivity contribution is 5.67. The number of aromatic nitrogens is 1. The summed E-state index contributed by atoms with van der Waals surface area (Å²) in [6, 6.07) is 0. The van der Waals surface area contributed by atoms with Crippen LogP contribution in [0.15, 0.2) is 6.20 Å². The molecule has 7 heteroatoms. The van der Waals surface area contributed by atoms with Gasteiger partial charge in [0.1, 0.15) is 0 Å². The van der Waals surface area contributed by atoms with Crippen LogP contribution in [-0.4, -0.2) is 27.5 Å². The molecular formula is C11H13NO6. The summed E-state index contributed by atoms with van der Waals surface area (Å²) in [5, 5.41) is 17.2. The number of aryl methyl sites for hydroxylation is 1. The first kappa shape index (κ1) is 13.8. The Balaban J connectivity index is 3.33. The van der Waals surface area contributed by atoms with Gasteiger partial charge < -0.3 is 19.7 Å². The molecule has 0 amide bonds. The highest BCUT2D eigenvalue weighted by Crippen LogP contribution is 2.32. The minimum Gasteiger partial charge on any atom is -0.449 e. The summed E-state index contributed by atoms with van der Waals surface area (Å²) < 4.78 is 8.98. The van der Waals surface area contributed by atoms with Crippen LogP contribution < -0.4 is 9.47 Å². The number of hydrogen-bond donors (Lipinski definition) is 2. The third-order valence-corrected chi connectivity index (χ3v) is 2.30. The van der Waals surface area contributed by atoms with Gasteiger partial charge in [-0.1, -0.05) is 13.8 Å². The van der Waals surface area contributed by atoms with Gasteiger partial charge in [0.25, 0.3) is 5.88 Å². The Hall–Kier alpha value is -2.31. The van der Waals surface area contributed by atoms with Gasteiger partial charge in [0.15, 0.2) is 0 Å². The molecule has 0 atom stereocenters. The molecule has 0 aliphatic heterocycles. The van der Waals surface area contributed by atoms with E-state index < -0.39 is 12.3 Å². The van der Waals surface area contributed by atoms with Crippen LogP contribution in [0.25, 0.3) is 0 Å². The van der Waals surface area contributed by atoms with E-state index in [0.29, 0.717) is 18.4 Å². The SMILES string of the molecule is CCc1cnc(OC(=O)O)c(OC(=O)O)c1CC. The molecule has 2 N–H and O–H groups in total. The van der Waals surface area contributed by atoms with E-state index in [4.69, 9.17) is 10.2 Å². The Morgan fingerprint density at radius 1 is 1.17 bits per heavy atom. The molecule has 98 valence electrons. The maximum Gasteiger partial charge on any atom is 0.512 e. The molecule has 7 nitrogen and oxygen atoms in total. The first-order chi connectivity index (χ1) is 8.49. The fourth-order valence-corrected chi connectivity index (χ4v) is 1.59. The van der Waals surface area contributed by atoms with Crippen molar-refractivity contribution in [1.29, 1.82) is 0 Å². The lowest BCUT2D eigenvalue weighted by molar-refractivity contribution is 0.130. The summed E-state index contributed by atoms with van der Waals surface area (Å²) in [5.41, 5.74) is 1.36. The van der Waals surface area contributed by atoms with Gasteiger partial charge in [0.2, 0.25) is 5.75 Å². The van der Waals surface area contributed by atoms with Crippen molar-refractivity contribution in [3.8, 4) is 11.6 Å². The fraction of sp³-hybridized carbons (Fsp3) is 0.364. The maximum atomic E-state index is 10.6. The average Bonchev–Trinajstić information content (AvgIpc) is 2.29. The van der Waals surface area contributed by atoms with E-state index in [2.05, 4.69) is 14.5 Å². The van der Waals surface area contributed by atoms with E-state index in [9.17, 15) is 9.59 Å². The molecule has 0 unspecified atom stereocenters. The van der Waals surface area contributed by atoms with Crippen LogP contribution in [0.1, 0.15) is 25.0 Å². The third-order valence-electron chi connectivity index (χ3n) is 2.30. The number of nitrogens with zero attached hydrogens (tertiary/aromatic N) is 1. The summed E-state index contributed by atoms with van der Waals surface area (Å²) in [6.45, 7) is 3.67. The highest BCUT2D eigenvalue weighted by atomic mass is 16.7. The smallest absolute Gasteiger partial charge is 0.449 e. The van der Waals surface area contributed by atoms with E-state index in [1.165, 1.54) is 6.20 Å². The van der Waals surface area contributed by atoms with Gasteiger partial charge in [-0.3, -0.25) is 0 Å². The predicted octanol–water partition coefficient (Wildman–Crippen LogP) is 2.32. The number of carboxylic acid groups (broad SMARTS) is 2. The lowest BCUT2D eigenvalue weighted by Crippen LogP contribution is -2.12. The summed E-state index contributed by atoms with van der Waals surface area (Å²) in [6.07, 6.45) is -0.575. The summed E-state index contributed by atoms with van der Waals surface area (Å²) in [4.78, 5) is 24.9. The molecular weight excluding hydrogens is 242 g/mol. The Morgan fingerprint density at radius 2 is 1.78 bits per heavy atom. The number of carbonyl (C=O) groups is 2. The molecule has 1 rings (SSSR count). The zero-order valence-corrected chi connectivity index (χ0v) is 9.97. The Morgan fingerprint density at radius 3 is 2.22 bits per heavy atom. The van der Waals surface area contributed by atoms with Crippen molar-refractivity contribution in [1.82, 2.24) is 4.98 Å². The molecule has 1 aromatic heterocycles. The van der Waals surface area contributed by atoms with Crippen molar-refractivity contribution in [2.75, 3.05) is 0 Å². The van der Waals surface area contributed by atoms with E-state index in [1.807, 2.05) is 6.92 Å². The van der Waals surface area contributed by atoms with Crippen molar-refractivity contribution in [3.63, 3.8) is 0 Å². The molecule has 18 heavy (non-hydrogen) atoms. The van der Waals surface area contributed by atoms with E-state index >= 15 is 0 Å². The Kier molecular flexibility index (Phi) is 4.47. The molecule has 0 aliphatic carbocycles. The molecule has 1 heterocycles. The summed E-state index contributed by atoms with van der Waals surface area (Å²) in [5.74, 6) is -0.522. The molecule has 0 radical (unpaired) electrons. The van der Waals surface area contributed by atoms with Crippen LogP contribution in [0.2, 0.25) is 0 Å². The van der Waals surface area contributed by atoms with Crippen molar-refractivity contribution in [2.45, 2.75) is 26.7 Å². The van der Waals surface area contributed by atoms with Gasteiger partial charge in [0.05, 0.1) is 0 Å². The van der Waals surface area contributed by atoms with Gasteiger partial charge >= 0.3 is 12.3 Å². The molecule has 0 aliphatic rings. The van der Waals surface area contributed by atoms with Crippen LogP contribution in [0.5, 0.6) is 11.6 Å². The number of ether oxygens (including phenoxy) is 2. The summed E-state index contributed by atoms with van der Waals surface area (Å²) in [7, 11) is 0. The molecule has 0 aromatic carbocycles. The minimum atomic E-state index is -1.58. The maximum absolute atomic E-state index is 10.6. The average molecular weight is 255 g/mol. The van der Waals surface area contributed by atoms with Crippen LogP contribution in [0.4, 0.5) is 9.59 Å². The monoisotopic (exact) mass is 255 g/mol. The minimum absolute atomic E-state index is 0.160. The highest BCUT2D eigenvalue weighted by Gasteiger charge is 2.20. The number of rotatable bonds is 4. The summed E-state index contributed by atoms with van der Waals surface area (Å²) >= 11 is 0. The molecule has 1 aromatic rings. The lowest BCUT2D eigenvalue weighted by Gasteiger charge is -2.13. The predicted molar refractivity (Wildman–Crippen MR) is 60.3 cm³/mol. The second-order valence-corrected chi connectivity index (χ2v) is 3.34. The van der Waals surface area contributed by atoms with Gasteiger partial charge in [-0.2, -0.15) is 0 Å². The lowest BCUT2D eigenvalue weighted by atomic mass is 10.0. The van der Waals surface area contributed by atoms with Crippen LogP contribution >= 0.6 is 0 Å². The van der Waals surface area contributed by atoms with Crippen LogP contribution in [0.3, 0.4) is 0 Å². The normalized spacial score (nSPS) is 9.89. The van der Waals surface area contributed by atoms with Crippen molar-refractivity contribution in [3.05, 3.63) is 17.3 Å². The molecule has 0 saturated carbocycles. The van der Waals surface area contributed by atoms with Gasteiger partial charge in [-0.15, -0.1) is 0 Å². The Labute approximate surface area is 103 Å². The first-order valence-corrected chi connectivity index (χ1v) is 5.31. The molecule has 0 saturated heterocycles. The van der Waals surface area contributed by atoms with Crippen LogP contribution in [0, 0.1) is 0 Å². The zero-order valence-electron chi connectivity index (χ0n) is 9.97.